The first-order chi connectivity index (χ1) is 13.2. The first-order valence-corrected chi connectivity index (χ1v) is 10.6. The van der Waals surface area contributed by atoms with Gasteiger partial charge in [0, 0.05) is 51.0 Å². The maximum absolute atomic E-state index is 4.83. The van der Waals surface area contributed by atoms with Gasteiger partial charge in [-0.05, 0) is 64.2 Å². The van der Waals surface area contributed by atoms with Crippen molar-refractivity contribution in [3.8, 4) is 0 Å². The molecule has 0 bridgehead atoms. The molecule has 0 unspecified atom stereocenters. The Hall–Kier alpha value is -1.09. The Morgan fingerprint density at radius 1 is 1.21 bits per heavy atom. The van der Waals surface area contributed by atoms with Gasteiger partial charge in [0.15, 0.2) is 5.96 Å². The third-order valence-electron chi connectivity index (χ3n) is 5.60. The zero-order chi connectivity index (χ0) is 19.1. The highest BCUT2D eigenvalue weighted by Gasteiger charge is 2.21. The molecule has 0 aliphatic carbocycles. The molecule has 0 amide bonds. The Morgan fingerprint density at radius 2 is 1.93 bits per heavy atom. The topological polar surface area (TPSA) is 55.8 Å². The van der Waals surface area contributed by atoms with E-state index in [2.05, 4.69) is 58.3 Å². The number of hydrogen-bond acceptors (Lipinski definition) is 4. The van der Waals surface area contributed by atoms with Gasteiger partial charge in [0.1, 0.15) is 5.82 Å². The van der Waals surface area contributed by atoms with Crippen LogP contribution in [-0.2, 0) is 6.54 Å². The highest BCUT2D eigenvalue weighted by Crippen LogP contribution is 2.19. The number of likely N-dealkylation sites (tertiary alicyclic amines) is 1. The molecule has 0 aromatic carbocycles. The Labute approximate surface area is 187 Å². The zero-order valence-electron chi connectivity index (χ0n) is 17.7. The van der Waals surface area contributed by atoms with Gasteiger partial charge in [-0.3, -0.25) is 0 Å². The van der Waals surface area contributed by atoms with Crippen molar-refractivity contribution in [2.45, 2.75) is 65.1 Å². The quantitative estimate of drug-likeness (QED) is 0.357. The van der Waals surface area contributed by atoms with E-state index in [1.807, 2.05) is 6.20 Å². The fourth-order valence-electron chi connectivity index (χ4n) is 3.92. The first-order valence-electron chi connectivity index (χ1n) is 10.6. The van der Waals surface area contributed by atoms with Crippen LogP contribution in [0.3, 0.4) is 0 Å². The Balaban J connectivity index is 0.00000280. The number of pyridine rings is 1. The van der Waals surface area contributed by atoms with Gasteiger partial charge in [-0.1, -0.05) is 0 Å². The summed E-state index contributed by atoms with van der Waals surface area (Å²) in [6.07, 6.45) is 6.82. The zero-order valence-corrected chi connectivity index (χ0v) is 20.0. The van der Waals surface area contributed by atoms with E-state index in [1.165, 1.54) is 31.2 Å². The molecule has 2 aliphatic rings. The van der Waals surface area contributed by atoms with E-state index in [0.717, 1.165) is 44.5 Å². The molecule has 7 heteroatoms. The molecule has 3 rings (SSSR count). The number of nitrogens with one attached hydrogen (secondary N) is 2. The third kappa shape index (κ3) is 6.76. The molecular weight excluding hydrogens is 463 g/mol. The average molecular weight is 500 g/mol. The number of anilines is 1. The Bertz CT molecular complexity index is 607. The van der Waals surface area contributed by atoms with Gasteiger partial charge in [-0.15, -0.1) is 24.0 Å². The maximum atomic E-state index is 4.83. The molecule has 0 atom stereocenters. The third-order valence-corrected chi connectivity index (χ3v) is 5.60. The van der Waals surface area contributed by atoms with Crippen LogP contribution in [0.15, 0.2) is 23.3 Å². The van der Waals surface area contributed by atoms with Gasteiger partial charge in [0.25, 0.3) is 0 Å². The van der Waals surface area contributed by atoms with E-state index < -0.39 is 0 Å². The maximum Gasteiger partial charge on any atom is 0.191 e. The Kier molecular flexibility index (Phi) is 9.77. The monoisotopic (exact) mass is 500 g/mol. The number of aliphatic imine (C=N–C) groups is 1. The van der Waals surface area contributed by atoms with E-state index in [9.17, 15) is 0 Å². The second-order valence-corrected chi connectivity index (χ2v) is 7.96. The summed E-state index contributed by atoms with van der Waals surface area (Å²) in [6.45, 7) is 12.8. The van der Waals surface area contributed by atoms with Crippen molar-refractivity contribution in [3.63, 3.8) is 0 Å². The van der Waals surface area contributed by atoms with Crippen LogP contribution in [0.4, 0.5) is 5.82 Å². The number of aromatic nitrogens is 1. The molecule has 1 aromatic heterocycles. The average Bonchev–Trinajstić information content (AvgIpc) is 3.22. The molecule has 2 aliphatic heterocycles. The highest BCUT2D eigenvalue weighted by atomic mass is 127. The summed E-state index contributed by atoms with van der Waals surface area (Å²) in [5.41, 5.74) is 1.22. The van der Waals surface area contributed by atoms with Crippen molar-refractivity contribution in [1.82, 2.24) is 20.5 Å². The van der Waals surface area contributed by atoms with Crippen LogP contribution >= 0.6 is 24.0 Å². The van der Waals surface area contributed by atoms with Crippen LogP contribution in [0.2, 0.25) is 0 Å². The predicted octanol–water partition coefficient (Wildman–Crippen LogP) is 3.23. The molecule has 2 fully saturated rings. The minimum Gasteiger partial charge on any atom is -0.357 e. The summed E-state index contributed by atoms with van der Waals surface area (Å²) >= 11 is 0. The van der Waals surface area contributed by atoms with E-state index in [0.29, 0.717) is 18.6 Å². The summed E-state index contributed by atoms with van der Waals surface area (Å²) in [7, 11) is 0. The molecule has 2 saturated heterocycles. The van der Waals surface area contributed by atoms with Crippen molar-refractivity contribution in [1.29, 1.82) is 0 Å². The predicted molar refractivity (Wildman–Crippen MR) is 129 cm³/mol. The van der Waals surface area contributed by atoms with Gasteiger partial charge in [0.05, 0.1) is 6.54 Å². The van der Waals surface area contributed by atoms with E-state index in [4.69, 9.17) is 4.99 Å². The van der Waals surface area contributed by atoms with Crippen molar-refractivity contribution < 1.29 is 0 Å². The van der Waals surface area contributed by atoms with Crippen LogP contribution in [0, 0.1) is 0 Å². The second kappa shape index (κ2) is 11.8. The normalized spacial score (nSPS) is 19.0. The molecule has 3 heterocycles. The number of nitrogens with zero attached hydrogens (tertiary/aromatic N) is 4. The summed E-state index contributed by atoms with van der Waals surface area (Å²) in [5, 5.41) is 7.05. The molecule has 28 heavy (non-hydrogen) atoms. The lowest BCUT2D eigenvalue weighted by Crippen LogP contribution is -2.49. The first kappa shape index (κ1) is 23.2. The number of guanidine groups is 1. The molecular formula is C21H37IN6. The fourth-order valence-corrected chi connectivity index (χ4v) is 3.92. The van der Waals surface area contributed by atoms with Crippen molar-refractivity contribution in [2.75, 3.05) is 37.6 Å². The van der Waals surface area contributed by atoms with Gasteiger partial charge in [-0.2, -0.15) is 0 Å². The smallest absolute Gasteiger partial charge is 0.191 e. The molecule has 6 nitrogen and oxygen atoms in total. The van der Waals surface area contributed by atoms with E-state index in [-0.39, 0.29) is 24.0 Å². The summed E-state index contributed by atoms with van der Waals surface area (Å²) < 4.78 is 0. The number of halogens is 1. The molecule has 0 radical (unpaired) electrons. The number of hydrogen-bond donors (Lipinski definition) is 2. The lowest BCUT2D eigenvalue weighted by atomic mass is 10.0. The van der Waals surface area contributed by atoms with Gasteiger partial charge in [0.2, 0.25) is 0 Å². The molecule has 2 N–H and O–H groups in total. The lowest BCUT2D eigenvalue weighted by Gasteiger charge is -2.35. The van der Waals surface area contributed by atoms with Crippen LogP contribution in [0.25, 0.3) is 0 Å². The highest BCUT2D eigenvalue weighted by molar-refractivity contribution is 14.0. The second-order valence-electron chi connectivity index (χ2n) is 7.96. The van der Waals surface area contributed by atoms with Crippen molar-refractivity contribution in [3.05, 3.63) is 23.9 Å². The van der Waals surface area contributed by atoms with Crippen LogP contribution in [0.5, 0.6) is 0 Å². The largest absolute Gasteiger partial charge is 0.357 e. The summed E-state index contributed by atoms with van der Waals surface area (Å²) in [4.78, 5) is 14.3. The Morgan fingerprint density at radius 3 is 2.57 bits per heavy atom. The van der Waals surface area contributed by atoms with Crippen molar-refractivity contribution >= 4 is 35.8 Å². The minimum absolute atomic E-state index is 0. The summed E-state index contributed by atoms with van der Waals surface area (Å²) in [6, 6.07) is 5.42. The SMILES string of the molecule is CCNC(=NCc1ccnc(N2CCCC2)c1)NC1CCN(C(C)C)CC1.I. The standard InChI is InChI=1S/C21H36N6.HI/c1-4-22-21(25-19-8-13-26(14-9-19)17(2)3)24-16-18-7-10-23-20(15-18)27-11-5-6-12-27;/h7,10,15,17,19H,4-6,8-9,11-14,16H2,1-3H3,(H2,22,24,25);1H. The molecule has 1 aromatic rings. The number of piperidine rings is 1. The molecule has 0 spiro atoms. The van der Waals surface area contributed by atoms with Gasteiger partial charge >= 0.3 is 0 Å². The van der Waals surface area contributed by atoms with E-state index in [1.54, 1.807) is 0 Å². The fraction of sp³-hybridized carbons (Fsp3) is 0.714. The van der Waals surface area contributed by atoms with Gasteiger partial charge < -0.3 is 20.4 Å². The van der Waals surface area contributed by atoms with Crippen LogP contribution < -0.4 is 15.5 Å². The van der Waals surface area contributed by atoms with E-state index >= 15 is 0 Å². The van der Waals surface area contributed by atoms with Crippen LogP contribution in [0.1, 0.15) is 52.0 Å². The number of rotatable bonds is 6. The van der Waals surface area contributed by atoms with Crippen molar-refractivity contribution in [2.24, 2.45) is 4.99 Å². The molecule has 158 valence electrons. The summed E-state index contributed by atoms with van der Waals surface area (Å²) in [5.74, 6) is 2.03. The van der Waals surface area contributed by atoms with Crippen LogP contribution in [-0.4, -0.2) is 60.7 Å². The minimum atomic E-state index is 0. The van der Waals surface area contributed by atoms with Gasteiger partial charge in [-0.25, -0.2) is 9.98 Å². The molecule has 0 saturated carbocycles. The lowest BCUT2D eigenvalue weighted by molar-refractivity contribution is 0.167.